The first kappa shape index (κ1) is 22.0. The van der Waals surface area contributed by atoms with Gasteiger partial charge in [0.2, 0.25) is 11.3 Å². The van der Waals surface area contributed by atoms with Crippen LogP contribution in [0.25, 0.3) is 10.9 Å². The van der Waals surface area contributed by atoms with E-state index in [0.29, 0.717) is 21.9 Å². The molecule has 2 aromatic heterocycles. The molecule has 1 aromatic carbocycles. The first-order chi connectivity index (χ1) is 15.5. The number of amides is 1. The van der Waals surface area contributed by atoms with E-state index in [4.69, 9.17) is 16.3 Å². The molecule has 0 bridgehead atoms. The second kappa shape index (κ2) is 9.53. The predicted octanol–water partition coefficient (Wildman–Crippen LogP) is 3.74. The van der Waals surface area contributed by atoms with E-state index in [1.165, 1.54) is 38.2 Å². The number of carbonyl (C=O) groups excluding carboxylic acids is 2. The highest BCUT2D eigenvalue weighted by molar-refractivity contribution is 6.32. The summed E-state index contributed by atoms with van der Waals surface area (Å²) in [6.45, 7) is -0.0352. The summed E-state index contributed by atoms with van der Waals surface area (Å²) in [5.41, 5.74) is 0.334. The molecule has 0 spiro atoms. The number of nitrogens with zero attached hydrogens (tertiary/aromatic N) is 2. The molecule has 7 nitrogen and oxygen atoms in total. The van der Waals surface area contributed by atoms with Gasteiger partial charge in [-0.1, -0.05) is 30.9 Å². The molecule has 3 aromatic rings. The minimum Gasteiger partial charge on any atom is -0.495 e. The van der Waals surface area contributed by atoms with Gasteiger partial charge in [-0.15, -0.1) is 0 Å². The average Bonchev–Trinajstić information content (AvgIpc) is 2.81. The number of methoxy groups -OCH3 is 1. The van der Waals surface area contributed by atoms with Crippen molar-refractivity contribution in [3.8, 4) is 5.75 Å². The van der Waals surface area contributed by atoms with Crippen LogP contribution in [0, 0.1) is 0 Å². The maximum Gasteiger partial charge on any atom is 0.240 e. The molecule has 0 radical (unpaired) electrons. The van der Waals surface area contributed by atoms with Gasteiger partial charge in [-0.2, -0.15) is 0 Å². The monoisotopic (exact) mass is 453 g/mol. The van der Waals surface area contributed by atoms with Gasteiger partial charge >= 0.3 is 0 Å². The Morgan fingerprint density at radius 2 is 1.91 bits per heavy atom. The fraction of sp³-hybridized carbons (Fsp3) is 0.333. The van der Waals surface area contributed by atoms with E-state index in [9.17, 15) is 14.4 Å². The fourth-order valence-corrected chi connectivity index (χ4v) is 4.41. The first-order valence-electron chi connectivity index (χ1n) is 10.6. The number of carbonyl (C=O) groups is 2. The molecule has 1 saturated carbocycles. The molecule has 0 unspecified atom stereocenters. The molecule has 8 heteroatoms. The lowest BCUT2D eigenvalue weighted by molar-refractivity contribution is -0.122. The Morgan fingerprint density at radius 1 is 1.19 bits per heavy atom. The summed E-state index contributed by atoms with van der Waals surface area (Å²) in [6.07, 6.45) is 9.75. The zero-order valence-electron chi connectivity index (χ0n) is 17.8. The molecule has 1 fully saturated rings. The lowest BCUT2D eigenvalue weighted by atomic mass is 9.95. The van der Waals surface area contributed by atoms with Crippen LogP contribution in [-0.4, -0.2) is 34.4 Å². The third kappa shape index (κ3) is 4.53. The third-order valence-electron chi connectivity index (χ3n) is 5.83. The van der Waals surface area contributed by atoms with E-state index in [0.717, 1.165) is 25.7 Å². The Hall–Kier alpha value is -3.19. The van der Waals surface area contributed by atoms with Gasteiger partial charge in [0.1, 0.15) is 12.3 Å². The van der Waals surface area contributed by atoms with Crippen molar-refractivity contribution in [2.45, 2.75) is 44.7 Å². The number of benzene rings is 1. The molecule has 1 aliphatic carbocycles. The average molecular weight is 454 g/mol. The predicted molar refractivity (Wildman–Crippen MR) is 122 cm³/mol. The van der Waals surface area contributed by atoms with Crippen LogP contribution in [0.3, 0.4) is 0 Å². The quantitative estimate of drug-likeness (QED) is 0.574. The first-order valence-corrected chi connectivity index (χ1v) is 11.0. The highest BCUT2D eigenvalue weighted by Crippen LogP contribution is 2.29. The number of hydrogen-bond donors (Lipinski definition) is 1. The van der Waals surface area contributed by atoms with Crippen molar-refractivity contribution >= 4 is 34.2 Å². The number of ether oxygens (including phenoxy) is 1. The summed E-state index contributed by atoms with van der Waals surface area (Å²) in [4.78, 5) is 43.0. The molecule has 32 heavy (non-hydrogen) atoms. The molecule has 1 amide bonds. The zero-order valence-corrected chi connectivity index (χ0v) is 18.5. The largest absolute Gasteiger partial charge is 0.495 e. The Kier molecular flexibility index (Phi) is 6.55. The summed E-state index contributed by atoms with van der Waals surface area (Å²) in [5, 5.41) is 3.65. The van der Waals surface area contributed by atoms with Gasteiger partial charge in [0, 0.05) is 30.2 Å². The summed E-state index contributed by atoms with van der Waals surface area (Å²) < 4.78 is 6.87. The molecule has 2 heterocycles. The third-order valence-corrected chi connectivity index (χ3v) is 6.12. The van der Waals surface area contributed by atoms with Gasteiger partial charge in [-0.05, 0) is 37.1 Å². The number of ketones is 1. The van der Waals surface area contributed by atoms with Gasteiger partial charge in [0.05, 0.1) is 28.6 Å². The summed E-state index contributed by atoms with van der Waals surface area (Å²) >= 11 is 6.30. The van der Waals surface area contributed by atoms with Crippen LogP contribution in [0.1, 0.15) is 48.0 Å². The maximum absolute atomic E-state index is 13.2. The van der Waals surface area contributed by atoms with Crippen molar-refractivity contribution in [1.29, 1.82) is 0 Å². The second-order valence-corrected chi connectivity index (χ2v) is 8.38. The Labute approximate surface area is 190 Å². The van der Waals surface area contributed by atoms with Crippen LogP contribution in [0.15, 0.2) is 47.7 Å². The molecule has 0 aliphatic heterocycles. The highest BCUT2D eigenvalue weighted by Gasteiger charge is 2.21. The molecule has 0 atom stereocenters. The Morgan fingerprint density at radius 3 is 2.59 bits per heavy atom. The van der Waals surface area contributed by atoms with Gasteiger partial charge in [-0.3, -0.25) is 19.4 Å². The standard InChI is InChI=1S/C24H24ClN3O4/c1-32-21-11-17-20(12-19(21)25)28(14-22(29)27-16-5-3-2-4-6-16)13-18(24(17)31)23(30)15-7-9-26-10-8-15/h7-13,16H,2-6,14H2,1H3,(H,27,29). The van der Waals surface area contributed by atoms with Crippen LogP contribution in [0.4, 0.5) is 0 Å². The van der Waals surface area contributed by atoms with Gasteiger partial charge in [0.25, 0.3) is 0 Å². The second-order valence-electron chi connectivity index (χ2n) is 7.97. The Balaban J connectivity index is 1.78. The van der Waals surface area contributed by atoms with E-state index in [1.807, 2.05) is 0 Å². The lowest BCUT2D eigenvalue weighted by Gasteiger charge is -2.23. The van der Waals surface area contributed by atoms with Gasteiger partial charge in [-0.25, -0.2) is 0 Å². The number of fused-ring (bicyclic) bond motifs is 1. The highest BCUT2D eigenvalue weighted by atomic mass is 35.5. The van der Waals surface area contributed by atoms with Crippen LogP contribution in [0.5, 0.6) is 5.75 Å². The topological polar surface area (TPSA) is 90.3 Å². The fourth-order valence-electron chi connectivity index (χ4n) is 4.17. The van der Waals surface area contributed by atoms with Crippen molar-refractivity contribution in [3.05, 3.63) is 69.2 Å². The number of halogens is 1. The zero-order chi connectivity index (χ0) is 22.7. The van der Waals surface area contributed by atoms with Crippen molar-refractivity contribution in [1.82, 2.24) is 14.9 Å². The van der Waals surface area contributed by atoms with Crippen molar-refractivity contribution in [2.24, 2.45) is 0 Å². The van der Waals surface area contributed by atoms with E-state index >= 15 is 0 Å². The van der Waals surface area contributed by atoms with E-state index in [2.05, 4.69) is 10.3 Å². The molecule has 1 N–H and O–H groups in total. The van der Waals surface area contributed by atoms with Crippen molar-refractivity contribution in [3.63, 3.8) is 0 Å². The number of aromatic nitrogens is 2. The maximum atomic E-state index is 13.2. The number of nitrogens with one attached hydrogen (secondary N) is 1. The molecule has 4 rings (SSSR count). The van der Waals surface area contributed by atoms with E-state index in [-0.39, 0.29) is 29.4 Å². The van der Waals surface area contributed by atoms with Crippen LogP contribution >= 0.6 is 11.6 Å². The molecular weight excluding hydrogens is 430 g/mol. The molecular formula is C24H24ClN3O4. The molecule has 0 saturated heterocycles. The van der Waals surface area contributed by atoms with Gasteiger partial charge in [0.15, 0.2) is 5.78 Å². The number of pyridine rings is 2. The van der Waals surface area contributed by atoms with Crippen molar-refractivity contribution < 1.29 is 14.3 Å². The normalized spacial score (nSPS) is 14.3. The smallest absolute Gasteiger partial charge is 0.240 e. The van der Waals surface area contributed by atoms with Crippen molar-refractivity contribution in [2.75, 3.05) is 7.11 Å². The summed E-state index contributed by atoms with van der Waals surface area (Å²) in [5.74, 6) is -0.284. The van der Waals surface area contributed by atoms with Crippen LogP contribution < -0.4 is 15.5 Å². The molecule has 1 aliphatic rings. The minimum absolute atomic E-state index is 0.0291. The number of rotatable bonds is 6. The lowest BCUT2D eigenvalue weighted by Crippen LogP contribution is -2.38. The summed E-state index contributed by atoms with van der Waals surface area (Å²) in [6, 6.07) is 6.36. The molecule has 166 valence electrons. The SMILES string of the molecule is COc1cc2c(=O)c(C(=O)c3ccncc3)cn(CC(=O)NC3CCCCC3)c2cc1Cl. The van der Waals surface area contributed by atoms with E-state index in [1.54, 1.807) is 22.8 Å². The van der Waals surface area contributed by atoms with Crippen LogP contribution in [0.2, 0.25) is 5.02 Å². The van der Waals surface area contributed by atoms with Gasteiger partial charge < -0.3 is 14.6 Å². The minimum atomic E-state index is -0.444. The Bertz CT molecular complexity index is 1220. The van der Waals surface area contributed by atoms with E-state index < -0.39 is 11.2 Å². The number of hydrogen-bond acceptors (Lipinski definition) is 5. The van der Waals surface area contributed by atoms with Crippen LogP contribution in [-0.2, 0) is 11.3 Å². The summed E-state index contributed by atoms with van der Waals surface area (Å²) in [7, 11) is 1.45.